The number of rotatable bonds is 11. The van der Waals surface area contributed by atoms with Gasteiger partial charge in [0.1, 0.15) is 0 Å². The van der Waals surface area contributed by atoms with Crippen LogP contribution in [0.1, 0.15) is 79.1 Å². The average Bonchev–Trinajstić information content (AvgIpc) is 2.52. The van der Waals surface area contributed by atoms with Crippen molar-refractivity contribution in [2.24, 2.45) is 5.92 Å². The van der Waals surface area contributed by atoms with Gasteiger partial charge >= 0.3 is 0 Å². The van der Waals surface area contributed by atoms with Crippen LogP contribution in [0.3, 0.4) is 0 Å². The predicted octanol–water partition coefficient (Wildman–Crippen LogP) is 4.44. The Morgan fingerprint density at radius 3 is 2.36 bits per heavy atom. The summed E-state index contributed by atoms with van der Waals surface area (Å²) in [4.78, 5) is 14.8. The molecule has 0 aromatic carbocycles. The summed E-state index contributed by atoms with van der Waals surface area (Å²) in [6.45, 7) is 12.0. The zero-order valence-corrected chi connectivity index (χ0v) is 15.3. The minimum Gasteiger partial charge on any atom is -0.379 e. The fraction of sp³-hybridized carbons (Fsp3) is 0.947. The summed E-state index contributed by atoms with van der Waals surface area (Å²) in [5, 5.41) is 0. The summed E-state index contributed by atoms with van der Waals surface area (Å²) >= 11 is 0. The molecule has 1 heterocycles. The number of hydrogen-bond acceptors (Lipinski definition) is 3. The van der Waals surface area contributed by atoms with Gasteiger partial charge < -0.3 is 4.74 Å². The van der Waals surface area contributed by atoms with Gasteiger partial charge in [0.2, 0.25) is 0 Å². The van der Waals surface area contributed by atoms with Crippen LogP contribution in [0.2, 0.25) is 0 Å². The Morgan fingerprint density at radius 1 is 1.09 bits per heavy atom. The van der Waals surface area contributed by atoms with E-state index in [1.807, 2.05) is 0 Å². The zero-order valence-electron chi connectivity index (χ0n) is 15.3. The van der Waals surface area contributed by atoms with Crippen molar-refractivity contribution >= 4 is 5.78 Å². The molecular formula is C19H37NO2. The number of carbonyl (C=O) groups excluding carboxylic acids is 1. The maximum absolute atomic E-state index is 12.6. The van der Waals surface area contributed by atoms with Gasteiger partial charge in [-0.25, -0.2) is 0 Å². The third-order valence-corrected chi connectivity index (χ3v) is 5.14. The number of ether oxygens (including phenoxy) is 1. The first-order valence-corrected chi connectivity index (χ1v) is 9.34. The van der Waals surface area contributed by atoms with E-state index in [1.165, 1.54) is 38.5 Å². The summed E-state index contributed by atoms with van der Waals surface area (Å²) in [5.41, 5.74) is -0.325. The minimum atomic E-state index is -0.325. The van der Waals surface area contributed by atoms with Crippen molar-refractivity contribution in [1.82, 2.24) is 4.90 Å². The first-order valence-electron chi connectivity index (χ1n) is 9.34. The van der Waals surface area contributed by atoms with E-state index in [1.54, 1.807) is 0 Å². The van der Waals surface area contributed by atoms with Gasteiger partial charge in [0.15, 0.2) is 5.78 Å². The molecule has 0 amide bonds. The second-order valence-electron chi connectivity index (χ2n) is 7.43. The molecule has 0 spiro atoms. The molecule has 0 radical (unpaired) electrons. The molecule has 3 heteroatoms. The van der Waals surface area contributed by atoms with Gasteiger partial charge in [0, 0.05) is 19.5 Å². The lowest BCUT2D eigenvalue weighted by Gasteiger charge is -2.39. The molecule has 3 nitrogen and oxygen atoms in total. The van der Waals surface area contributed by atoms with Gasteiger partial charge in [-0.05, 0) is 26.2 Å². The minimum absolute atomic E-state index is 0.325. The van der Waals surface area contributed by atoms with Gasteiger partial charge in [-0.15, -0.1) is 0 Å². The quantitative estimate of drug-likeness (QED) is 0.528. The van der Waals surface area contributed by atoms with E-state index >= 15 is 0 Å². The Kier molecular flexibility index (Phi) is 9.27. The molecule has 0 aliphatic carbocycles. The fourth-order valence-corrected chi connectivity index (χ4v) is 3.28. The van der Waals surface area contributed by atoms with E-state index in [2.05, 4.69) is 32.6 Å². The average molecular weight is 312 g/mol. The number of Topliss-reactive ketones (excluding diaryl/α,β-unsaturated/α-hetero) is 1. The van der Waals surface area contributed by atoms with Gasteiger partial charge in [-0.2, -0.15) is 0 Å². The van der Waals surface area contributed by atoms with E-state index in [4.69, 9.17) is 4.74 Å². The molecule has 0 bridgehead atoms. The largest absolute Gasteiger partial charge is 0.379 e. The fourth-order valence-electron chi connectivity index (χ4n) is 3.28. The Morgan fingerprint density at radius 2 is 1.73 bits per heavy atom. The molecule has 130 valence electrons. The number of ketones is 1. The molecule has 22 heavy (non-hydrogen) atoms. The molecule has 1 saturated heterocycles. The molecule has 1 aliphatic heterocycles. The first kappa shape index (κ1) is 19.6. The lowest BCUT2D eigenvalue weighted by atomic mass is 9.90. The zero-order chi connectivity index (χ0) is 16.4. The summed E-state index contributed by atoms with van der Waals surface area (Å²) in [6, 6.07) is 0. The van der Waals surface area contributed by atoms with Gasteiger partial charge in [-0.1, -0.05) is 52.4 Å². The van der Waals surface area contributed by atoms with Crippen LogP contribution in [0.5, 0.6) is 0 Å². The Labute approximate surface area is 137 Å². The molecule has 0 aromatic heterocycles. The second-order valence-corrected chi connectivity index (χ2v) is 7.43. The van der Waals surface area contributed by atoms with Crippen molar-refractivity contribution in [3.63, 3.8) is 0 Å². The maximum atomic E-state index is 12.6. The van der Waals surface area contributed by atoms with Crippen LogP contribution in [0.4, 0.5) is 0 Å². The SMILES string of the molecule is CCCCCCC(C)CCCC(=O)C(C)(C)N1CCOCC1. The molecule has 1 rings (SSSR count). The van der Waals surface area contributed by atoms with Crippen molar-refractivity contribution in [1.29, 1.82) is 0 Å². The van der Waals surface area contributed by atoms with E-state index in [9.17, 15) is 4.79 Å². The van der Waals surface area contributed by atoms with Crippen molar-refractivity contribution in [2.75, 3.05) is 26.3 Å². The summed E-state index contributed by atoms with van der Waals surface area (Å²) in [6.07, 6.45) is 9.66. The van der Waals surface area contributed by atoms with Crippen molar-refractivity contribution in [3.8, 4) is 0 Å². The Hall–Kier alpha value is -0.410. The summed E-state index contributed by atoms with van der Waals surface area (Å²) in [7, 11) is 0. The van der Waals surface area contributed by atoms with Crippen LogP contribution in [0.25, 0.3) is 0 Å². The molecule has 1 unspecified atom stereocenters. The molecule has 0 aromatic rings. The normalized spacial score (nSPS) is 18.4. The monoisotopic (exact) mass is 311 g/mol. The van der Waals surface area contributed by atoms with Crippen molar-refractivity contribution in [2.45, 2.75) is 84.6 Å². The molecular weight excluding hydrogens is 274 g/mol. The highest BCUT2D eigenvalue weighted by Crippen LogP contribution is 2.22. The molecule has 1 atom stereocenters. The van der Waals surface area contributed by atoms with Gasteiger partial charge in [0.25, 0.3) is 0 Å². The third-order valence-electron chi connectivity index (χ3n) is 5.14. The molecule has 0 N–H and O–H groups in total. The summed E-state index contributed by atoms with van der Waals surface area (Å²) in [5.74, 6) is 1.16. The van der Waals surface area contributed by atoms with Crippen LogP contribution in [0, 0.1) is 5.92 Å². The van der Waals surface area contributed by atoms with E-state index in [-0.39, 0.29) is 5.54 Å². The highest BCUT2D eigenvalue weighted by molar-refractivity contribution is 5.87. The van der Waals surface area contributed by atoms with Gasteiger partial charge in [-0.3, -0.25) is 9.69 Å². The Bertz CT molecular complexity index is 309. The number of morpholine rings is 1. The number of carbonyl (C=O) groups is 1. The third kappa shape index (κ3) is 6.78. The van der Waals surface area contributed by atoms with Gasteiger partial charge in [0.05, 0.1) is 18.8 Å². The first-order chi connectivity index (χ1) is 10.5. The van der Waals surface area contributed by atoms with Crippen LogP contribution in [0.15, 0.2) is 0 Å². The number of hydrogen-bond donors (Lipinski definition) is 0. The summed E-state index contributed by atoms with van der Waals surface area (Å²) < 4.78 is 5.39. The highest BCUT2D eigenvalue weighted by Gasteiger charge is 2.34. The standard InChI is InChI=1S/C19H37NO2/c1-5-6-7-8-10-17(2)11-9-12-18(21)19(3,4)20-13-15-22-16-14-20/h17H,5-16H2,1-4H3. The van der Waals surface area contributed by atoms with E-state index in [0.29, 0.717) is 5.78 Å². The van der Waals surface area contributed by atoms with Crippen LogP contribution >= 0.6 is 0 Å². The predicted molar refractivity (Wildman–Crippen MR) is 93.3 cm³/mol. The van der Waals surface area contributed by atoms with Crippen LogP contribution in [-0.4, -0.2) is 42.5 Å². The maximum Gasteiger partial charge on any atom is 0.152 e. The number of nitrogens with zero attached hydrogens (tertiary/aromatic N) is 1. The topological polar surface area (TPSA) is 29.5 Å². The second kappa shape index (κ2) is 10.4. The van der Waals surface area contributed by atoms with Crippen molar-refractivity contribution < 1.29 is 9.53 Å². The Balaban J connectivity index is 2.21. The van der Waals surface area contributed by atoms with Crippen LogP contribution in [-0.2, 0) is 9.53 Å². The lowest BCUT2D eigenvalue weighted by Crippen LogP contribution is -2.54. The molecule has 1 fully saturated rings. The van der Waals surface area contributed by atoms with Crippen LogP contribution < -0.4 is 0 Å². The smallest absolute Gasteiger partial charge is 0.152 e. The van der Waals surface area contributed by atoms with E-state index < -0.39 is 0 Å². The highest BCUT2D eigenvalue weighted by atomic mass is 16.5. The van der Waals surface area contributed by atoms with E-state index in [0.717, 1.165) is 45.1 Å². The molecule has 1 aliphatic rings. The lowest BCUT2D eigenvalue weighted by molar-refractivity contribution is -0.132. The number of unbranched alkanes of at least 4 members (excludes halogenated alkanes) is 3. The van der Waals surface area contributed by atoms with Crippen molar-refractivity contribution in [3.05, 3.63) is 0 Å². The molecule has 0 saturated carbocycles.